The Labute approximate surface area is 153 Å². The molecule has 5 heteroatoms. The minimum Gasteiger partial charge on any atom is -0.351 e. The zero-order chi connectivity index (χ0) is 18.4. The van der Waals surface area contributed by atoms with Crippen molar-refractivity contribution in [2.75, 3.05) is 6.54 Å². The highest BCUT2D eigenvalue weighted by atomic mass is 35.5. The summed E-state index contributed by atoms with van der Waals surface area (Å²) in [5.74, 6) is -0.369. The number of hydrogen-bond acceptors (Lipinski definition) is 2. The summed E-state index contributed by atoms with van der Waals surface area (Å²) in [6.45, 7) is 6.85. The maximum absolute atomic E-state index is 13.2. The minimum atomic E-state index is -0.268. The highest BCUT2D eigenvalue weighted by Crippen LogP contribution is 2.32. The zero-order valence-electron chi connectivity index (χ0n) is 14.8. The van der Waals surface area contributed by atoms with Crippen molar-refractivity contribution in [3.63, 3.8) is 0 Å². The molecule has 0 saturated carbocycles. The number of carbonyl (C=O) groups is 1. The molecular weight excluding hydrogens is 339 g/mol. The molecule has 2 N–H and O–H groups in total. The lowest BCUT2D eigenvalue weighted by atomic mass is 9.82. The molecule has 1 amide bonds. The molecular formula is C20H24ClFN2O. The lowest BCUT2D eigenvalue weighted by Crippen LogP contribution is -2.39. The van der Waals surface area contributed by atoms with Crippen LogP contribution in [0.5, 0.6) is 0 Å². The first-order valence-corrected chi connectivity index (χ1v) is 8.63. The minimum absolute atomic E-state index is 0.0648. The summed E-state index contributed by atoms with van der Waals surface area (Å²) in [5, 5.41) is 6.80. The Morgan fingerprint density at radius 2 is 1.84 bits per heavy atom. The molecule has 2 rings (SSSR count). The van der Waals surface area contributed by atoms with Gasteiger partial charge in [-0.15, -0.1) is 0 Å². The summed E-state index contributed by atoms with van der Waals surface area (Å²) in [4.78, 5) is 12.2. The summed E-state index contributed by atoms with van der Waals surface area (Å²) >= 11 is 5.94. The van der Waals surface area contributed by atoms with Crippen LogP contribution in [0.3, 0.4) is 0 Å². The van der Waals surface area contributed by atoms with Crippen LogP contribution in [0.25, 0.3) is 0 Å². The third-order valence-corrected chi connectivity index (χ3v) is 4.15. The molecule has 2 aromatic rings. The number of nitrogens with one attached hydrogen (secondary N) is 2. The van der Waals surface area contributed by atoms with Gasteiger partial charge >= 0.3 is 0 Å². The van der Waals surface area contributed by atoms with Gasteiger partial charge in [-0.1, -0.05) is 56.6 Å². The number of hydrogen-bond donors (Lipinski definition) is 2. The molecule has 0 heterocycles. The summed E-state index contributed by atoms with van der Waals surface area (Å²) in [7, 11) is 0. The normalized spacial score (nSPS) is 12.7. The number of rotatable bonds is 6. The zero-order valence-corrected chi connectivity index (χ0v) is 15.5. The molecule has 1 atom stereocenters. The van der Waals surface area contributed by atoms with Crippen LogP contribution in [-0.4, -0.2) is 12.5 Å². The first kappa shape index (κ1) is 19.4. The van der Waals surface area contributed by atoms with Crippen LogP contribution in [-0.2, 0) is 11.3 Å². The van der Waals surface area contributed by atoms with Crippen LogP contribution < -0.4 is 10.6 Å². The second-order valence-corrected chi connectivity index (χ2v) is 7.57. The standard InChI is InChI=1S/C20H24ClFN2O/c1-20(2,3)19(15-7-9-17(22)10-8-15)24-13-18(25)23-12-14-5-4-6-16(21)11-14/h4-11,19,24H,12-13H2,1-3H3,(H,23,25). The Bertz CT molecular complexity index is 710. The smallest absolute Gasteiger partial charge is 0.234 e. The third-order valence-electron chi connectivity index (χ3n) is 3.91. The van der Waals surface area contributed by atoms with Gasteiger partial charge in [0.2, 0.25) is 5.91 Å². The number of benzene rings is 2. The van der Waals surface area contributed by atoms with Crippen LogP contribution in [0, 0.1) is 11.2 Å². The Morgan fingerprint density at radius 3 is 2.44 bits per heavy atom. The second-order valence-electron chi connectivity index (χ2n) is 7.14. The lowest BCUT2D eigenvalue weighted by molar-refractivity contribution is -0.120. The van der Waals surface area contributed by atoms with Gasteiger partial charge in [0.05, 0.1) is 6.54 Å². The van der Waals surface area contributed by atoms with Gasteiger partial charge in [0.15, 0.2) is 0 Å². The van der Waals surface area contributed by atoms with Crippen molar-refractivity contribution in [1.82, 2.24) is 10.6 Å². The predicted octanol–water partition coefficient (Wildman–Crippen LogP) is 4.47. The summed E-state index contributed by atoms with van der Waals surface area (Å²) in [5.41, 5.74) is 1.79. The van der Waals surface area contributed by atoms with Gasteiger partial charge in [-0.2, -0.15) is 0 Å². The average molecular weight is 363 g/mol. The summed E-state index contributed by atoms with van der Waals surface area (Å²) in [6.07, 6.45) is 0. The average Bonchev–Trinajstić information content (AvgIpc) is 2.54. The second kappa shape index (κ2) is 8.45. The number of carbonyl (C=O) groups excluding carboxylic acids is 1. The van der Waals surface area contributed by atoms with E-state index in [0.717, 1.165) is 11.1 Å². The third kappa shape index (κ3) is 6.15. The molecule has 0 aliphatic heterocycles. The Kier molecular flexibility index (Phi) is 6.57. The molecule has 1 unspecified atom stereocenters. The van der Waals surface area contributed by atoms with Gasteiger partial charge in [-0.25, -0.2) is 4.39 Å². The molecule has 0 aliphatic rings. The predicted molar refractivity (Wildman–Crippen MR) is 99.9 cm³/mol. The lowest BCUT2D eigenvalue weighted by Gasteiger charge is -2.32. The highest BCUT2D eigenvalue weighted by molar-refractivity contribution is 6.30. The van der Waals surface area contributed by atoms with Crippen molar-refractivity contribution in [3.8, 4) is 0 Å². The van der Waals surface area contributed by atoms with E-state index in [1.165, 1.54) is 12.1 Å². The van der Waals surface area contributed by atoms with Crippen molar-refractivity contribution in [3.05, 3.63) is 70.5 Å². The summed E-state index contributed by atoms with van der Waals surface area (Å²) in [6, 6.07) is 13.7. The fourth-order valence-electron chi connectivity index (χ4n) is 2.68. The van der Waals surface area contributed by atoms with Crippen LogP contribution in [0.2, 0.25) is 5.02 Å². The maximum atomic E-state index is 13.2. The van der Waals surface area contributed by atoms with E-state index in [0.29, 0.717) is 11.6 Å². The SMILES string of the molecule is CC(C)(C)C(NCC(=O)NCc1cccc(Cl)c1)c1ccc(F)cc1. The van der Waals surface area contributed by atoms with E-state index in [9.17, 15) is 9.18 Å². The van der Waals surface area contributed by atoms with Gasteiger partial charge in [0.1, 0.15) is 5.82 Å². The van der Waals surface area contributed by atoms with Gasteiger partial charge in [0, 0.05) is 17.6 Å². The van der Waals surface area contributed by atoms with Gasteiger partial charge in [-0.3, -0.25) is 4.79 Å². The largest absolute Gasteiger partial charge is 0.351 e. The molecule has 0 radical (unpaired) electrons. The maximum Gasteiger partial charge on any atom is 0.234 e. The van der Waals surface area contributed by atoms with E-state index in [4.69, 9.17) is 11.6 Å². The molecule has 3 nitrogen and oxygen atoms in total. The molecule has 0 aliphatic carbocycles. The van der Waals surface area contributed by atoms with Crippen molar-refractivity contribution in [1.29, 1.82) is 0 Å². The monoisotopic (exact) mass is 362 g/mol. The molecule has 2 aromatic carbocycles. The Balaban J connectivity index is 1.93. The number of amides is 1. The molecule has 134 valence electrons. The van der Waals surface area contributed by atoms with Crippen LogP contribution in [0.15, 0.2) is 48.5 Å². The van der Waals surface area contributed by atoms with Gasteiger partial charge in [0.25, 0.3) is 0 Å². The van der Waals surface area contributed by atoms with Crippen molar-refractivity contribution >= 4 is 17.5 Å². The van der Waals surface area contributed by atoms with Gasteiger partial charge < -0.3 is 10.6 Å². The first-order valence-electron chi connectivity index (χ1n) is 8.26. The van der Waals surface area contributed by atoms with Crippen LogP contribution in [0.4, 0.5) is 4.39 Å². The van der Waals surface area contributed by atoms with Crippen LogP contribution in [0.1, 0.15) is 37.9 Å². The quantitative estimate of drug-likeness (QED) is 0.795. The van der Waals surface area contributed by atoms with E-state index in [1.807, 2.05) is 18.2 Å². The topological polar surface area (TPSA) is 41.1 Å². The van der Waals surface area contributed by atoms with Crippen molar-refractivity contribution in [2.45, 2.75) is 33.4 Å². The van der Waals surface area contributed by atoms with Crippen LogP contribution >= 0.6 is 11.6 Å². The highest BCUT2D eigenvalue weighted by Gasteiger charge is 2.26. The van der Waals surface area contributed by atoms with Crippen molar-refractivity contribution < 1.29 is 9.18 Å². The fourth-order valence-corrected chi connectivity index (χ4v) is 2.90. The Morgan fingerprint density at radius 1 is 1.16 bits per heavy atom. The summed E-state index contributed by atoms with van der Waals surface area (Å²) < 4.78 is 13.2. The molecule has 0 aromatic heterocycles. The molecule has 0 saturated heterocycles. The van der Waals surface area contributed by atoms with E-state index in [-0.39, 0.29) is 29.7 Å². The van der Waals surface area contributed by atoms with Gasteiger partial charge in [-0.05, 0) is 40.8 Å². The molecule has 0 spiro atoms. The molecule has 0 bridgehead atoms. The fraction of sp³-hybridized carbons (Fsp3) is 0.350. The van der Waals surface area contributed by atoms with E-state index < -0.39 is 0 Å². The van der Waals surface area contributed by atoms with E-state index >= 15 is 0 Å². The molecule has 25 heavy (non-hydrogen) atoms. The molecule has 0 fully saturated rings. The van der Waals surface area contributed by atoms with Crippen molar-refractivity contribution in [2.24, 2.45) is 5.41 Å². The first-order chi connectivity index (χ1) is 11.8. The van der Waals surface area contributed by atoms with E-state index in [2.05, 4.69) is 31.4 Å². The Hall–Kier alpha value is -1.91. The number of halogens is 2. The van der Waals surface area contributed by atoms with E-state index in [1.54, 1.807) is 18.2 Å².